The van der Waals surface area contributed by atoms with Crippen LogP contribution >= 0.6 is 0 Å². The van der Waals surface area contributed by atoms with Gasteiger partial charge in [0.1, 0.15) is 13.1 Å². The molecule has 0 radical (unpaired) electrons. The van der Waals surface area contributed by atoms with E-state index in [9.17, 15) is 8.42 Å². The van der Waals surface area contributed by atoms with Gasteiger partial charge < -0.3 is 4.90 Å². The standard InChI is InChI=1S/C19H27N3O2S/c1-14-7-5-6-8-17(14)11-21(4)12-19-15(2)20-22(16(19)3)18-9-10-25(23,24)13-18/h5-8,18H,9-13H2,1-4H3/p+1/t18-/m0/s1. The first-order chi connectivity index (χ1) is 11.8. The zero-order valence-electron chi connectivity index (χ0n) is 15.5. The zero-order chi connectivity index (χ0) is 18.2. The van der Waals surface area contributed by atoms with E-state index in [1.807, 2.05) is 11.6 Å². The summed E-state index contributed by atoms with van der Waals surface area (Å²) in [5.41, 5.74) is 6.07. The van der Waals surface area contributed by atoms with Gasteiger partial charge in [0.25, 0.3) is 0 Å². The van der Waals surface area contributed by atoms with Gasteiger partial charge in [0.05, 0.1) is 35.9 Å². The maximum Gasteiger partial charge on any atom is 0.152 e. The number of hydrogen-bond donors (Lipinski definition) is 1. The monoisotopic (exact) mass is 362 g/mol. The SMILES string of the molecule is Cc1ccccc1C[NH+](C)Cc1c(C)nn([C@H]2CCS(=O)(=O)C2)c1C. The Morgan fingerprint density at radius 3 is 2.56 bits per heavy atom. The van der Waals surface area contributed by atoms with E-state index in [1.165, 1.54) is 21.6 Å². The van der Waals surface area contributed by atoms with Gasteiger partial charge in [-0.15, -0.1) is 0 Å². The Kier molecular flexibility index (Phi) is 5.02. The van der Waals surface area contributed by atoms with Gasteiger partial charge in [0.2, 0.25) is 0 Å². The van der Waals surface area contributed by atoms with Crippen LogP contribution in [0.15, 0.2) is 24.3 Å². The molecular formula is C19H28N3O2S+. The van der Waals surface area contributed by atoms with Crippen LogP contribution in [-0.2, 0) is 22.9 Å². The van der Waals surface area contributed by atoms with E-state index in [-0.39, 0.29) is 17.5 Å². The fraction of sp³-hybridized carbons (Fsp3) is 0.526. The van der Waals surface area contributed by atoms with E-state index in [0.29, 0.717) is 6.42 Å². The summed E-state index contributed by atoms with van der Waals surface area (Å²) < 4.78 is 25.5. The molecular weight excluding hydrogens is 334 g/mol. The number of nitrogens with one attached hydrogen (secondary N) is 1. The number of sulfone groups is 1. The number of benzene rings is 1. The second kappa shape index (κ2) is 6.92. The third-order valence-electron chi connectivity index (χ3n) is 5.26. The van der Waals surface area contributed by atoms with Crippen molar-refractivity contribution in [2.75, 3.05) is 18.6 Å². The molecule has 5 nitrogen and oxygen atoms in total. The van der Waals surface area contributed by atoms with Crippen LogP contribution < -0.4 is 4.90 Å². The Morgan fingerprint density at radius 2 is 1.92 bits per heavy atom. The van der Waals surface area contributed by atoms with Crippen molar-refractivity contribution in [3.8, 4) is 0 Å². The summed E-state index contributed by atoms with van der Waals surface area (Å²) >= 11 is 0. The summed E-state index contributed by atoms with van der Waals surface area (Å²) in [6.45, 7) is 8.11. The minimum atomic E-state index is -2.90. The minimum Gasteiger partial charge on any atom is -0.330 e. The highest BCUT2D eigenvalue weighted by atomic mass is 32.2. The zero-order valence-corrected chi connectivity index (χ0v) is 16.4. The van der Waals surface area contributed by atoms with Crippen molar-refractivity contribution < 1.29 is 13.3 Å². The molecule has 2 aromatic rings. The highest BCUT2D eigenvalue weighted by molar-refractivity contribution is 7.91. The molecule has 1 saturated heterocycles. The average Bonchev–Trinajstić information content (AvgIpc) is 3.03. The lowest BCUT2D eigenvalue weighted by molar-refractivity contribution is -0.907. The minimum absolute atomic E-state index is 0.00544. The first kappa shape index (κ1) is 18.1. The maximum absolute atomic E-state index is 11.8. The van der Waals surface area contributed by atoms with Gasteiger partial charge in [-0.1, -0.05) is 24.3 Å². The molecule has 0 amide bonds. The molecule has 1 unspecified atom stereocenters. The first-order valence-corrected chi connectivity index (χ1v) is 10.7. The van der Waals surface area contributed by atoms with Gasteiger partial charge in [-0.25, -0.2) is 8.42 Å². The third kappa shape index (κ3) is 3.96. The molecule has 25 heavy (non-hydrogen) atoms. The number of rotatable bonds is 5. The Morgan fingerprint density at radius 1 is 1.20 bits per heavy atom. The van der Waals surface area contributed by atoms with Crippen LogP contribution in [0.25, 0.3) is 0 Å². The summed E-state index contributed by atoms with van der Waals surface area (Å²) in [6, 6.07) is 8.49. The van der Waals surface area contributed by atoms with Crippen molar-refractivity contribution in [1.82, 2.24) is 9.78 Å². The predicted molar refractivity (Wildman–Crippen MR) is 99.5 cm³/mol. The molecule has 1 aromatic heterocycles. The van der Waals surface area contributed by atoms with Crippen LogP contribution in [0.1, 0.15) is 40.5 Å². The second-order valence-electron chi connectivity index (χ2n) is 7.39. The summed E-state index contributed by atoms with van der Waals surface area (Å²) in [4.78, 5) is 1.40. The molecule has 1 N–H and O–H groups in total. The summed E-state index contributed by atoms with van der Waals surface area (Å²) in [5.74, 6) is 0.504. The Hall–Kier alpha value is -1.66. The molecule has 1 aliphatic rings. The van der Waals surface area contributed by atoms with E-state index in [4.69, 9.17) is 0 Å². The average molecular weight is 363 g/mol. The van der Waals surface area contributed by atoms with E-state index >= 15 is 0 Å². The fourth-order valence-corrected chi connectivity index (χ4v) is 5.47. The van der Waals surface area contributed by atoms with Gasteiger partial charge >= 0.3 is 0 Å². The van der Waals surface area contributed by atoms with Gasteiger partial charge in [-0.3, -0.25) is 4.68 Å². The number of quaternary nitrogens is 1. The Bertz CT molecular complexity index is 871. The highest BCUT2D eigenvalue weighted by Crippen LogP contribution is 2.26. The smallest absolute Gasteiger partial charge is 0.152 e. The van der Waals surface area contributed by atoms with E-state index in [1.54, 1.807) is 0 Å². The van der Waals surface area contributed by atoms with Crippen LogP contribution in [0.3, 0.4) is 0 Å². The summed E-state index contributed by atoms with van der Waals surface area (Å²) in [6.07, 6.45) is 0.676. The molecule has 2 heterocycles. The highest BCUT2D eigenvalue weighted by Gasteiger charge is 2.31. The van der Waals surface area contributed by atoms with Crippen LogP contribution in [0.5, 0.6) is 0 Å². The van der Waals surface area contributed by atoms with Crippen LogP contribution in [0, 0.1) is 20.8 Å². The summed E-state index contributed by atoms with van der Waals surface area (Å²) in [5, 5.41) is 4.67. The molecule has 136 valence electrons. The van der Waals surface area contributed by atoms with Crippen LogP contribution in [0.2, 0.25) is 0 Å². The van der Waals surface area contributed by atoms with Crippen LogP contribution in [-0.4, -0.2) is 36.8 Å². The number of aryl methyl sites for hydroxylation is 2. The van der Waals surface area contributed by atoms with Crippen molar-refractivity contribution in [2.24, 2.45) is 0 Å². The van der Waals surface area contributed by atoms with Crippen molar-refractivity contribution in [1.29, 1.82) is 0 Å². The molecule has 2 atom stereocenters. The van der Waals surface area contributed by atoms with Crippen molar-refractivity contribution in [2.45, 2.75) is 46.3 Å². The van der Waals surface area contributed by atoms with Gasteiger partial charge in [-0.2, -0.15) is 5.10 Å². The van der Waals surface area contributed by atoms with E-state index in [2.05, 4.69) is 50.3 Å². The normalized spacial score (nSPS) is 20.7. The first-order valence-electron chi connectivity index (χ1n) is 8.87. The molecule has 0 aliphatic carbocycles. The molecule has 0 spiro atoms. The molecule has 0 bridgehead atoms. The van der Waals surface area contributed by atoms with Gasteiger partial charge in [0, 0.05) is 11.3 Å². The lowest BCUT2D eigenvalue weighted by Gasteiger charge is -2.16. The number of aromatic nitrogens is 2. The van der Waals surface area contributed by atoms with Crippen molar-refractivity contribution in [3.05, 3.63) is 52.3 Å². The molecule has 3 rings (SSSR count). The number of nitrogens with zero attached hydrogens (tertiary/aromatic N) is 2. The molecule has 1 fully saturated rings. The van der Waals surface area contributed by atoms with Gasteiger partial charge in [0.15, 0.2) is 9.84 Å². The second-order valence-corrected chi connectivity index (χ2v) is 9.62. The lowest BCUT2D eigenvalue weighted by Crippen LogP contribution is -3.06. The topological polar surface area (TPSA) is 56.4 Å². The Balaban J connectivity index is 1.76. The number of hydrogen-bond acceptors (Lipinski definition) is 3. The van der Waals surface area contributed by atoms with Gasteiger partial charge in [-0.05, 0) is 32.8 Å². The molecule has 1 aliphatic heterocycles. The van der Waals surface area contributed by atoms with Crippen molar-refractivity contribution >= 4 is 9.84 Å². The quantitative estimate of drug-likeness (QED) is 0.874. The van der Waals surface area contributed by atoms with Crippen molar-refractivity contribution in [3.63, 3.8) is 0 Å². The maximum atomic E-state index is 11.8. The van der Waals surface area contributed by atoms with Crippen LogP contribution in [0.4, 0.5) is 0 Å². The predicted octanol–water partition coefficient (Wildman–Crippen LogP) is 1.38. The Labute approximate surface area is 150 Å². The van der Waals surface area contributed by atoms with E-state index in [0.717, 1.165) is 24.5 Å². The largest absolute Gasteiger partial charge is 0.330 e. The lowest BCUT2D eigenvalue weighted by atomic mass is 10.1. The fourth-order valence-electron chi connectivity index (χ4n) is 3.77. The molecule has 6 heteroatoms. The van der Waals surface area contributed by atoms with E-state index < -0.39 is 9.84 Å². The molecule has 1 aromatic carbocycles. The third-order valence-corrected chi connectivity index (χ3v) is 7.01. The summed E-state index contributed by atoms with van der Waals surface area (Å²) in [7, 11) is -0.701. The molecule has 0 saturated carbocycles.